The van der Waals surface area contributed by atoms with E-state index in [1.807, 2.05) is 37.4 Å². The molecule has 0 unspecified atom stereocenters. The molecule has 0 radical (unpaired) electrons. The van der Waals surface area contributed by atoms with Crippen LogP contribution in [0.15, 0.2) is 42.5 Å². The van der Waals surface area contributed by atoms with Gasteiger partial charge in [0.2, 0.25) is 0 Å². The number of nitrogens with zero attached hydrogens (tertiary/aromatic N) is 3. The monoisotopic (exact) mass is 256 g/mol. The van der Waals surface area contributed by atoms with E-state index in [-0.39, 0.29) is 5.82 Å². The van der Waals surface area contributed by atoms with Gasteiger partial charge in [-0.15, -0.1) is 5.10 Å². The highest BCUT2D eigenvalue weighted by Gasteiger charge is 2.14. The summed E-state index contributed by atoms with van der Waals surface area (Å²) in [6.07, 6.45) is 0. The molecule has 1 aromatic heterocycles. The van der Waals surface area contributed by atoms with Gasteiger partial charge in [0.1, 0.15) is 17.0 Å². The molecule has 0 saturated heterocycles. The average Bonchev–Trinajstić information content (AvgIpc) is 2.83. The van der Waals surface area contributed by atoms with E-state index in [9.17, 15) is 4.39 Å². The van der Waals surface area contributed by atoms with Crippen LogP contribution in [0.1, 0.15) is 5.56 Å². The molecule has 1 heterocycles. The van der Waals surface area contributed by atoms with Crippen LogP contribution in [-0.2, 0) is 6.54 Å². The summed E-state index contributed by atoms with van der Waals surface area (Å²) in [5.74, 6) is -0.302. The highest BCUT2D eigenvalue weighted by atomic mass is 19.1. The molecule has 0 amide bonds. The zero-order chi connectivity index (χ0) is 13.2. The third-order valence-electron chi connectivity index (χ3n) is 3.00. The molecule has 5 heteroatoms. The van der Waals surface area contributed by atoms with Crippen LogP contribution < -0.4 is 5.32 Å². The Balaban J connectivity index is 2.26. The molecule has 4 nitrogen and oxygen atoms in total. The van der Waals surface area contributed by atoms with Gasteiger partial charge in [-0.3, -0.25) is 0 Å². The van der Waals surface area contributed by atoms with Gasteiger partial charge in [0, 0.05) is 6.54 Å². The second kappa shape index (κ2) is 4.78. The first-order valence-corrected chi connectivity index (χ1v) is 6.04. The van der Waals surface area contributed by atoms with Gasteiger partial charge >= 0.3 is 0 Å². The van der Waals surface area contributed by atoms with Crippen LogP contribution >= 0.6 is 0 Å². The van der Waals surface area contributed by atoms with Crippen LogP contribution in [-0.4, -0.2) is 22.0 Å². The number of fused-ring (bicyclic) bond motifs is 1. The summed E-state index contributed by atoms with van der Waals surface area (Å²) in [6.45, 7) is 0.571. The highest BCUT2D eigenvalue weighted by molar-refractivity contribution is 5.76. The SMILES string of the molecule is CNCc1cccc(F)c1-n1nnc2ccccc21. The molecule has 0 aliphatic heterocycles. The summed E-state index contributed by atoms with van der Waals surface area (Å²) >= 11 is 0. The van der Waals surface area contributed by atoms with Gasteiger partial charge in [-0.25, -0.2) is 9.07 Å². The van der Waals surface area contributed by atoms with E-state index in [4.69, 9.17) is 0 Å². The standard InChI is InChI=1S/C14H13FN4/c1-16-9-10-5-4-6-11(15)14(10)19-13-8-3-2-7-12(13)17-18-19/h2-8,16H,9H2,1H3. The fourth-order valence-corrected chi connectivity index (χ4v) is 2.16. The summed E-state index contributed by atoms with van der Waals surface area (Å²) in [5.41, 5.74) is 2.84. The molecule has 0 bridgehead atoms. The average molecular weight is 256 g/mol. The maximum atomic E-state index is 14.1. The largest absolute Gasteiger partial charge is 0.316 e. The van der Waals surface area contributed by atoms with Crippen LogP contribution in [0.25, 0.3) is 16.7 Å². The summed E-state index contributed by atoms with van der Waals surface area (Å²) in [7, 11) is 1.83. The van der Waals surface area contributed by atoms with Crippen molar-refractivity contribution in [3.05, 3.63) is 53.8 Å². The number of hydrogen-bond acceptors (Lipinski definition) is 3. The summed E-state index contributed by atoms with van der Waals surface area (Å²) in [5, 5.41) is 11.2. The third-order valence-corrected chi connectivity index (χ3v) is 3.00. The molecular weight excluding hydrogens is 243 g/mol. The minimum Gasteiger partial charge on any atom is -0.316 e. The lowest BCUT2D eigenvalue weighted by atomic mass is 10.1. The molecule has 19 heavy (non-hydrogen) atoms. The molecule has 0 aliphatic carbocycles. The van der Waals surface area contributed by atoms with Crippen LogP contribution in [0.3, 0.4) is 0 Å². The number of rotatable bonds is 3. The predicted octanol–water partition coefficient (Wildman–Crippen LogP) is 2.28. The second-order valence-corrected chi connectivity index (χ2v) is 4.27. The number of benzene rings is 2. The van der Waals surface area contributed by atoms with Gasteiger partial charge < -0.3 is 5.32 Å². The van der Waals surface area contributed by atoms with Crippen molar-refractivity contribution in [3.63, 3.8) is 0 Å². The first kappa shape index (κ1) is 11.8. The fourth-order valence-electron chi connectivity index (χ4n) is 2.16. The molecular formula is C14H13FN4. The number of halogens is 1. The first-order valence-electron chi connectivity index (χ1n) is 6.04. The fraction of sp³-hybridized carbons (Fsp3) is 0.143. The van der Waals surface area contributed by atoms with Crippen molar-refractivity contribution < 1.29 is 4.39 Å². The normalized spacial score (nSPS) is 11.1. The Bertz CT molecular complexity index is 720. The lowest BCUT2D eigenvalue weighted by Crippen LogP contribution is -2.11. The van der Waals surface area contributed by atoms with Crippen LogP contribution in [0.5, 0.6) is 0 Å². The van der Waals surface area contributed by atoms with E-state index in [0.717, 1.165) is 16.6 Å². The molecule has 2 aromatic carbocycles. The van der Waals surface area contributed by atoms with Crippen molar-refractivity contribution in [2.75, 3.05) is 7.05 Å². The van der Waals surface area contributed by atoms with Gasteiger partial charge in [0.15, 0.2) is 0 Å². The minimum atomic E-state index is -0.302. The van der Waals surface area contributed by atoms with Crippen molar-refractivity contribution in [1.82, 2.24) is 20.3 Å². The Morgan fingerprint density at radius 3 is 2.84 bits per heavy atom. The zero-order valence-electron chi connectivity index (χ0n) is 10.5. The molecule has 1 N–H and O–H groups in total. The van der Waals surface area contributed by atoms with E-state index in [0.29, 0.717) is 12.2 Å². The Hall–Kier alpha value is -2.27. The van der Waals surface area contributed by atoms with Crippen LogP contribution in [0, 0.1) is 5.82 Å². The first-order chi connectivity index (χ1) is 9.31. The number of para-hydroxylation sites is 2. The van der Waals surface area contributed by atoms with Crippen molar-refractivity contribution >= 4 is 11.0 Å². The molecule has 0 atom stereocenters. The Kier molecular flexibility index (Phi) is 2.97. The summed E-state index contributed by atoms with van der Waals surface area (Å²) < 4.78 is 15.7. The highest BCUT2D eigenvalue weighted by Crippen LogP contribution is 2.22. The minimum absolute atomic E-state index is 0.302. The molecule has 3 rings (SSSR count). The van der Waals surface area contributed by atoms with E-state index in [1.165, 1.54) is 6.07 Å². The summed E-state index contributed by atoms with van der Waals surface area (Å²) in [4.78, 5) is 0. The number of nitrogens with one attached hydrogen (secondary N) is 1. The quantitative estimate of drug-likeness (QED) is 0.781. The Morgan fingerprint density at radius 2 is 2.00 bits per heavy atom. The number of hydrogen-bond donors (Lipinski definition) is 1. The van der Waals surface area contributed by atoms with Crippen molar-refractivity contribution in [1.29, 1.82) is 0 Å². The van der Waals surface area contributed by atoms with Crippen molar-refractivity contribution in [2.24, 2.45) is 0 Å². The van der Waals surface area contributed by atoms with Gasteiger partial charge in [0.25, 0.3) is 0 Å². The van der Waals surface area contributed by atoms with Crippen molar-refractivity contribution in [3.8, 4) is 5.69 Å². The molecule has 0 fully saturated rings. The lowest BCUT2D eigenvalue weighted by Gasteiger charge is -2.10. The maximum absolute atomic E-state index is 14.1. The van der Waals surface area contributed by atoms with Gasteiger partial charge in [-0.1, -0.05) is 29.5 Å². The molecule has 0 spiro atoms. The van der Waals surface area contributed by atoms with Gasteiger partial charge in [-0.05, 0) is 30.8 Å². The van der Waals surface area contributed by atoms with E-state index >= 15 is 0 Å². The van der Waals surface area contributed by atoms with Gasteiger partial charge in [-0.2, -0.15) is 0 Å². The molecule has 3 aromatic rings. The smallest absolute Gasteiger partial charge is 0.149 e. The zero-order valence-corrected chi connectivity index (χ0v) is 10.5. The van der Waals surface area contributed by atoms with Crippen molar-refractivity contribution in [2.45, 2.75) is 6.54 Å². The Morgan fingerprint density at radius 1 is 1.16 bits per heavy atom. The van der Waals surface area contributed by atoms with Crippen LogP contribution in [0.4, 0.5) is 4.39 Å². The van der Waals surface area contributed by atoms with Crippen LogP contribution in [0.2, 0.25) is 0 Å². The molecule has 96 valence electrons. The van der Waals surface area contributed by atoms with E-state index < -0.39 is 0 Å². The maximum Gasteiger partial charge on any atom is 0.149 e. The molecule has 0 aliphatic rings. The molecule has 0 saturated carbocycles. The Labute approximate surface area is 109 Å². The topological polar surface area (TPSA) is 42.7 Å². The van der Waals surface area contributed by atoms with E-state index in [2.05, 4.69) is 15.6 Å². The predicted molar refractivity (Wildman–Crippen MR) is 71.6 cm³/mol. The third kappa shape index (κ3) is 1.98. The van der Waals surface area contributed by atoms with Gasteiger partial charge in [0.05, 0.1) is 5.52 Å². The van der Waals surface area contributed by atoms with E-state index in [1.54, 1.807) is 10.7 Å². The second-order valence-electron chi connectivity index (χ2n) is 4.27. The number of aromatic nitrogens is 3. The lowest BCUT2D eigenvalue weighted by molar-refractivity contribution is 0.603. The summed E-state index contributed by atoms with van der Waals surface area (Å²) in [6, 6.07) is 12.5.